The Morgan fingerprint density at radius 2 is 2.42 bits per heavy atom. The summed E-state index contributed by atoms with van der Waals surface area (Å²) in [6.07, 6.45) is 2.62. The molecular formula is C14H19N3OS. The lowest BCUT2D eigenvalue weighted by Crippen LogP contribution is -2.39. The zero-order valence-corrected chi connectivity index (χ0v) is 11.9. The number of hydrogen-bond donors (Lipinski definition) is 1. The third-order valence-electron chi connectivity index (χ3n) is 3.71. The molecule has 4 nitrogen and oxygen atoms in total. The molecule has 102 valence electrons. The van der Waals surface area contributed by atoms with Crippen molar-refractivity contribution in [3.05, 3.63) is 29.3 Å². The maximum Gasteiger partial charge on any atom is 0.177 e. The van der Waals surface area contributed by atoms with Gasteiger partial charge < -0.3 is 10.3 Å². The van der Waals surface area contributed by atoms with E-state index in [4.69, 9.17) is 10.3 Å². The van der Waals surface area contributed by atoms with Crippen LogP contribution in [0.4, 0.5) is 0 Å². The molecule has 0 aliphatic heterocycles. The maximum atomic E-state index is 5.87. The Hall–Kier alpha value is -1.17. The highest BCUT2D eigenvalue weighted by Crippen LogP contribution is 2.35. The molecule has 2 aromatic rings. The van der Waals surface area contributed by atoms with Crippen molar-refractivity contribution < 1.29 is 4.52 Å². The predicted molar refractivity (Wildman–Crippen MR) is 76.8 cm³/mol. The van der Waals surface area contributed by atoms with Gasteiger partial charge in [0, 0.05) is 25.2 Å². The molecule has 1 saturated carbocycles. The molecule has 2 aromatic heterocycles. The molecule has 0 bridgehead atoms. The van der Waals surface area contributed by atoms with Gasteiger partial charge in [0.25, 0.3) is 0 Å². The van der Waals surface area contributed by atoms with E-state index in [0.717, 1.165) is 35.3 Å². The van der Waals surface area contributed by atoms with Gasteiger partial charge in [0.2, 0.25) is 0 Å². The smallest absolute Gasteiger partial charge is 0.177 e. The number of likely N-dealkylation sites (N-methyl/N-ethyl adjacent to an activating group) is 1. The SMILES string of the molecule is CN(Cc1cc(-c2cccs2)on1)C(CN)C1CC1. The molecule has 1 aliphatic carbocycles. The number of nitrogens with two attached hydrogens (primary N) is 1. The van der Waals surface area contributed by atoms with E-state index in [1.807, 2.05) is 23.6 Å². The van der Waals surface area contributed by atoms with Gasteiger partial charge in [-0.1, -0.05) is 11.2 Å². The van der Waals surface area contributed by atoms with Crippen LogP contribution < -0.4 is 5.73 Å². The van der Waals surface area contributed by atoms with E-state index < -0.39 is 0 Å². The Morgan fingerprint density at radius 3 is 3.05 bits per heavy atom. The van der Waals surface area contributed by atoms with Crippen LogP contribution in [0.3, 0.4) is 0 Å². The van der Waals surface area contributed by atoms with Crippen LogP contribution >= 0.6 is 11.3 Å². The fraction of sp³-hybridized carbons (Fsp3) is 0.500. The van der Waals surface area contributed by atoms with E-state index in [0.29, 0.717) is 6.04 Å². The van der Waals surface area contributed by atoms with Crippen molar-refractivity contribution in [2.75, 3.05) is 13.6 Å². The quantitative estimate of drug-likeness (QED) is 0.881. The Morgan fingerprint density at radius 1 is 1.58 bits per heavy atom. The number of rotatable bonds is 6. The van der Waals surface area contributed by atoms with E-state index >= 15 is 0 Å². The summed E-state index contributed by atoms with van der Waals surface area (Å²) in [5.74, 6) is 1.63. The van der Waals surface area contributed by atoms with Crippen LogP contribution in [0.25, 0.3) is 10.6 Å². The van der Waals surface area contributed by atoms with E-state index in [1.165, 1.54) is 12.8 Å². The average molecular weight is 277 g/mol. The average Bonchev–Trinajstić information content (AvgIpc) is 2.93. The molecule has 0 saturated heterocycles. The van der Waals surface area contributed by atoms with Crippen molar-refractivity contribution >= 4 is 11.3 Å². The second kappa shape index (κ2) is 5.45. The van der Waals surface area contributed by atoms with E-state index in [1.54, 1.807) is 11.3 Å². The van der Waals surface area contributed by atoms with Crippen molar-refractivity contribution in [3.63, 3.8) is 0 Å². The van der Waals surface area contributed by atoms with Crippen LogP contribution in [0.15, 0.2) is 28.1 Å². The van der Waals surface area contributed by atoms with Crippen LogP contribution in [0.1, 0.15) is 18.5 Å². The van der Waals surface area contributed by atoms with Gasteiger partial charge in [-0.3, -0.25) is 4.90 Å². The molecule has 1 atom stereocenters. The van der Waals surface area contributed by atoms with Crippen molar-refractivity contribution in [1.82, 2.24) is 10.1 Å². The van der Waals surface area contributed by atoms with E-state index in [2.05, 4.69) is 17.1 Å². The van der Waals surface area contributed by atoms with Crippen LogP contribution in [0.2, 0.25) is 0 Å². The molecule has 0 spiro atoms. The van der Waals surface area contributed by atoms with Crippen LogP contribution in [-0.4, -0.2) is 29.7 Å². The molecule has 3 rings (SSSR count). The lowest BCUT2D eigenvalue weighted by Gasteiger charge is -2.25. The molecule has 2 N–H and O–H groups in total. The van der Waals surface area contributed by atoms with Crippen molar-refractivity contribution in [2.45, 2.75) is 25.4 Å². The number of aromatic nitrogens is 1. The summed E-state index contributed by atoms with van der Waals surface area (Å²) < 4.78 is 5.40. The summed E-state index contributed by atoms with van der Waals surface area (Å²) in [6, 6.07) is 6.57. The number of thiophene rings is 1. The minimum Gasteiger partial charge on any atom is -0.355 e. The second-order valence-corrected chi connectivity index (χ2v) is 6.16. The van der Waals surface area contributed by atoms with Crippen molar-refractivity contribution in [3.8, 4) is 10.6 Å². The summed E-state index contributed by atoms with van der Waals surface area (Å²) in [5.41, 5.74) is 6.84. The highest BCUT2D eigenvalue weighted by atomic mass is 32.1. The topological polar surface area (TPSA) is 55.3 Å². The molecule has 0 radical (unpaired) electrons. The monoisotopic (exact) mass is 277 g/mol. The first-order chi connectivity index (χ1) is 9.28. The molecule has 0 aromatic carbocycles. The normalized spacial score (nSPS) is 17.0. The predicted octanol–water partition coefficient (Wildman–Crippen LogP) is 2.57. The lowest BCUT2D eigenvalue weighted by molar-refractivity contribution is 0.210. The number of hydrogen-bond acceptors (Lipinski definition) is 5. The molecule has 0 amide bonds. The summed E-state index contributed by atoms with van der Waals surface area (Å²) in [6.45, 7) is 1.52. The van der Waals surface area contributed by atoms with Gasteiger partial charge in [0.05, 0.1) is 10.6 Å². The van der Waals surface area contributed by atoms with Crippen LogP contribution in [0, 0.1) is 5.92 Å². The fourth-order valence-electron chi connectivity index (χ4n) is 2.51. The first-order valence-electron chi connectivity index (χ1n) is 6.67. The Kier molecular flexibility index (Phi) is 3.68. The Balaban J connectivity index is 1.66. The largest absolute Gasteiger partial charge is 0.355 e. The van der Waals surface area contributed by atoms with Gasteiger partial charge in [-0.25, -0.2) is 0 Å². The van der Waals surface area contributed by atoms with E-state index in [-0.39, 0.29) is 0 Å². The fourth-order valence-corrected chi connectivity index (χ4v) is 3.18. The van der Waals surface area contributed by atoms with Crippen LogP contribution in [0.5, 0.6) is 0 Å². The molecule has 1 fully saturated rings. The zero-order valence-electron chi connectivity index (χ0n) is 11.1. The standard InChI is InChI=1S/C14H19N3OS/c1-17(12(8-15)10-4-5-10)9-11-7-13(18-16-11)14-3-2-6-19-14/h2-3,6-7,10,12H,4-5,8-9,15H2,1H3. The van der Waals surface area contributed by atoms with Gasteiger partial charge in [0.15, 0.2) is 5.76 Å². The van der Waals surface area contributed by atoms with Gasteiger partial charge in [0.1, 0.15) is 0 Å². The third-order valence-corrected chi connectivity index (χ3v) is 4.59. The molecule has 1 unspecified atom stereocenters. The van der Waals surface area contributed by atoms with Crippen molar-refractivity contribution in [1.29, 1.82) is 0 Å². The molecule has 19 heavy (non-hydrogen) atoms. The summed E-state index contributed by atoms with van der Waals surface area (Å²) in [7, 11) is 2.12. The molecule has 2 heterocycles. The molecule has 1 aliphatic rings. The summed E-state index contributed by atoms with van der Waals surface area (Å²) in [5, 5.41) is 6.20. The second-order valence-electron chi connectivity index (χ2n) is 5.22. The maximum absolute atomic E-state index is 5.87. The van der Waals surface area contributed by atoms with Crippen LogP contribution in [-0.2, 0) is 6.54 Å². The van der Waals surface area contributed by atoms with Gasteiger partial charge >= 0.3 is 0 Å². The highest BCUT2D eigenvalue weighted by Gasteiger charge is 2.33. The Labute approximate surface area is 117 Å². The lowest BCUT2D eigenvalue weighted by atomic mass is 10.1. The Bertz CT molecular complexity index is 519. The van der Waals surface area contributed by atoms with E-state index in [9.17, 15) is 0 Å². The minimum atomic E-state index is 0.474. The van der Waals surface area contributed by atoms with Gasteiger partial charge in [-0.15, -0.1) is 11.3 Å². The summed E-state index contributed by atoms with van der Waals surface area (Å²) in [4.78, 5) is 3.42. The molecular weight excluding hydrogens is 258 g/mol. The first kappa shape index (κ1) is 12.8. The third kappa shape index (κ3) is 2.88. The minimum absolute atomic E-state index is 0.474. The number of nitrogens with zero attached hydrogens (tertiary/aromatic N) is 2. The van der Waals surface area contributed by atoms with Gasteiger partial charge in [-0.2, -0.15) is 0 Å². The zero-order chi connectivity index (χ0) is 13.2. The summed E-state index contributed by atoms with van der Waals surface area (Å²) >= 11 is 1.67. The first-order valence-corrected chi connectivity index (χ1v) is 7.55. The van der Waals surface area contributed by atoms with Crippen molar-refractivity contribution in [2.24, 2.45) is 11.7 Å². The van der Waals surface area contributed by atoms with Gasteiger partial charge in [-0.05, 0) is 37.3 Å². The highest BCUT2D eigenvalue weighted by molar-refractivity contribution is 7.13. The molecule has 5 heteroatoms.